The van der Waals surface area contributed by atoms with Crippen LogP contribution in [-0.4, -0.2) is 40.8 Å². The third-order valence-corrected chi connectivity index (χ3v) is 4.45. The van der Waals surface area contributed by atoms with Crippen LogP contribution in [0.25, 0.3) is 0 Å². The van der Waals surface area contributed by atoms with Crippen molar-refractivity contribution in [1.29, 1.82) is 0 Å². The Labute approximate surface area is 139 Å². The maximum atomic E-state index is 12.8. The Morgan fingerprint density at radius 1 is 1.25 bits per heavy atom. The summed E-state index contributed by atoms with van der Waals surface area (Å²) in [5.41, 5.74) is -0.609. The largest absolute Gasteiger partial charge is 0.417 e. The van der Waals surface area contributed by atoms with Crippen LogP contribution in [0, 0.1) is 0 Å². The van der Waals surface area contributed by atoms with Gasteiger partial charge in [-0.25, -0.2) is 0 Å². The Kier molecular flexibility index (Phi) is 5.70. The average molecular weight is 341 g/mol. The molecule has 6 heteroatoms. The van der Waals surface area contributed by atoms with Crippen LogP contribution < -0.4 is 0 Å². The molecule has 0 aromatic heterocycles. The lowest BCUT2D eigenvalue weighted by atomic mass is 9.90. The van der Waals surface area contributed by atoms with Crippen molar-refractivity contribution in [2.75, 3.05) is 13.1 Å². The second-order valence-corrected chi connectivity index (χ2v) is 6.33. The van der Waals surface area contributed by atoms with Crippen molar-refractivity contribution in [2.45, 2.75) is 44.4 Å². The number of rotatable bonds is 4. The third-order valence-electron chi connectivity index (χ3n) is 4.45. The Hall–Kier alpha value is -1.82. The van der Waals surface area contributed by atoms with Gasteiger partial charge in [0.05, 0.1) is 0 Å². The number of benzene rings is 1. The maximum Gasteiger partial charge on any atom is 0.417 e. The summed E-state index contributed by atoms with van der Waals surface area (Å²) in [5, 5.41) is 9.62. The number of piperidine rings is 1. The molecule has 3 nitrogen and oxygen atoms in total. The molecule has 132 valence electrons. The Morgan fingerprint density at radius 3 is 2.38 bits per heavy atom. The van der Waals surface area contributed by atoms with Crippen LogP contribution in [0.1, 0.15) is 31.7 Å². The van der Waals surface area contributed by atoms with E-state index in [2.05, 4.69) is 0 Å². The highest BCUT2D eigenvalue weighted by molar-refractivity contribution is 5.88. The number of hydrogen-bond acceptors (Lipinski definition) is 2. The lowest BCUT2D eigenvalue weighted by Gasteiger charge is -2.38. The lowest BCUT2D eigenvalue weighted by molar-refractivity contribution is -0.271. The molecule has 1 N–H and O–H groups in total. The molecule has 1 aliphatic heterocycles. The molecule has 0 bridgehead atoms. The first kappa shape index (κ1) is 18.5. The number of allylic oxidation sites excluding steroid dienone is 1. The summed E-state index contributed by atoms with van der Waals surface area (Å²) in [4.78, 5) is 13.5. The van der Waals surface area contributed by atoms with Gasteiger partial charge in [-0.2, -0.15) is 13.2 Å². The van der Waals surface area contributed by atoms with E-state index in [0.717, 1.165) is 18.4 Å². The van der Waals surface area contributed by atoms with Gasteiger partial charge in [-0.05, 0) is 25.3 Å². The minimum atomic E-state index is -4.65. The quantitative estimate of drug-likeness (QED) is 0.852. The number of carbonyl (C=O) groups is 1. The first-order chi connectivity index (χ1) is 11.2. The van der Waals surface area contributed by atoms with Crippen molar-refractivity contribution in [3.8, 4) is 0 Å². The number of carbonyl (C=O) groups excluding carboxylic acids is 1. The molecule has 24 heavy (non-hydrogen) atoms. The molecule has 0 aliphatic carbocycles. The highest BCUT2D eigenvalue weighted by Gasteiger charge is 2.54. The van der Waals surface area contributed by atoms with E-state index >= 15 is 0 Å². The molecule has 1 saturated heterocycles. The van der Waals surface area contributed by atoms with Crippen molar-refractivity contribution < 1.29 is 23.1 Å². The summed E-state index contributed by atoms with van der Waals surface area (Å²) >= 11 is 0. The van der Waals surface area contributed by atoms with Crippen LogP contribution in [0.15, 0.2) is 42.0 Å². The lowest BCUT2D eigenvalue weighted by Crippen LogP contribution is -2.54. The first-order valence-corrected chi connectivity index (χ1v) is 8.00. The molecule has 1 aromatic carbocycles. The summed E-state index contributed by atoms with van der Waals surface area (Å²) < 4.78 is 38.3. The van der Waals surface area contributed by atoms with E-state index in [-0.39, 0.29) is 19.0 Å². The normalized spacial score (nSPS) is 18.5. The van der Waals surface area contributed by atoms with Crippen LogP contribution in [0.2, 0.25) is 0 Å². The molecule has 0 spiro atoms. The van der Waals surface area contributed by atoms with Crippen LogP contribution in [0.5, 0.6) is 0 Å². The van der Waals surface area contributed by atoms with Gasteiger partial charge < -0.3 is 10.0 Å². The van der Waals surface area contributed by atoms with Crippen molar-refractivity contribution in [3.63, 3.8) is 0 Å². The predicted molar refractivity (Wildman–Crippen MR) is 85.3 cm³/mol. The monoisotopic (exact) mass is 341 g/mol. The predicted octanol–water partition coefficient (Wildman–Crippen LogP) is 3.48. The van der Waals surface area contributed by atoms with Gasteiger partial charge in [-0.15, -0.1) is 0 Å². The molecule has 1 aliphatic rings. The van der Waals surface area contributed by atoms with Crippen molar-refractivity contribution in [1.82, 2.24) is 4.90 Å². The Bertz CT molecular complexity index is 588. The number of alkyl halides is 3. The van der Waals surface area contributed by atoms with Crippen molar-refractivity contribution in [2.24, 2.45) is 0 Å². The molecule has 0 unspecified atom stereocenters. The summed E-state index contributed by atoms with van der Waals surface area (Å²) in [6.07, 6.45) is -2.58. The third kappa shape index (κ3) is 4.60. The van der Waals surface area contributed by atoms with Crippen molar-refractivity contribution in [3.05, 3.63) is 47.5 Å². The second kappa shape index (κ2) is 7.38. The first-order valence-electron chi connectivity index (χ1n) is 8.00. The number of nitrogens with zero attached hydrogens (tertiary/aromatic N) is 1. The topological polar surface area (TPSA) is 40.5 Å². The average Bonchev–Trinajstić information content (AvgIpc) is 2.53. The number of likely N-dealkylation sites (tertiary alicyclic amines) is 1. The standard InChI is InChI=1S/C18H22F3NO2/c1-14(7-8-15-5-3-2-4-6-15)13-16(23)22-11-9-17(24,10-12-22)18(19,20)21/h2-6,13,24H,7-12H2,1H3/b14-13-. The molecule has 0 atom stereocenters. The highest BCUT2D eigenvalue weighted by atomic mass is 19.4. The smallest absolute Gasteiger partial charge is 0.380 e. The van der Waals surface area contributed by atoms with Gasteiger partial charge in [0.25, 0.3) is 0 Å². The minimum absolute atomic E-state index is 0.0860. The second-order valence-electron chi connectivity index (χ2n) is 6.33. The molecule has 0 saturated carbocycles. The summed E-state index contributed by atoms with van der Waals surface area (Å²) in [7, 11) is 0. The van der Waals surface area contributed by atoms with Gasteiger partial charge in [-0.3, -0.25) is 4.79 Å². The molecular weight excluding hydrogens is 319 g/mol. The Morgan fingerprint density at radius 2 is 1.83 bits per heavy atom. The maximum absolute atomic E-state index is 12.8. The van der Waals surface area contributed by atoms with Crippen LogP contribution in [0.3, 0.4) is 0 Å². The highest BCUT2D eigenvalue weighted by Crippen LogP contribution is 2.38. The molecule has 2 rings (SSSR count). The SMILES string of the molecule is C/C(=C/C(=O)N1CCC(O)(C(F)(F)F)CC1)CCc1ccccc1. The van der Waals surface area contributed by atoms with Crippen LogP contribution in [0.4, 0.5) is 13.2 Å². The number of aliphatic hydroxyl groups is 1. The van der Waals surface area contributed by atoms with E-state index in [1.54, 1.807) is 0 Å². The van der Waals surface area contributed by atoms with Gasteiger partial charge in [-0.1, -0.05) is 35.9 Å². The van der Waals surface area contributed by atoms with Gasteiger partial charge in [0.1, 0.15) is 0 Å². The molecule has 0 radical (unpaired) electrons. The summed E-state index contributed by atoms with van der Waals surface area (Å²) in [6, 6.07) is 9.87. The molecule has 1 heterocycles. The fraction of sp³-hybridized carbons (Fsp3) is 0.500. The number of hydrogen-bond donors (Lipinski definition) is 1. The van der Waals surface area contributed by atoms with Gasteiger partial charge in [0, 0.05) is 32.0 Å². The van der Waals surface area contributed by atoms with E-state index in [4.69, 9.17) is 0 Å². The zero-order chi connectivity index (χ0) is 17.8. The van der Waals surface area contributed by atoms with Crippen LogP contribution >= 0.6 is 0 Å². The van der Waals surface area contributed by atoms with Crippen molar-refractivity contribution >= 4 is 5.91 Å². The van der Waals surface area contributed by atoms with Gasteiger partial charge in [0.15, 0.2) is 5.60 Å². The van der Waals surface area contributed by atoms with E-state index in [1.807, 2.05) is 37.3 Å². The Balaban J connectivity index is 1.86. The molecule has 1 fully saturated rings. The van der Waals surface area contributed by atoms with E-state index in [0.29, 0.717) is 0 Å². The minimum Gasteiger partial charge on any atom is -0.380 e. The summed E-state index contributed by atoms with van der Waals surface area (Å²) in [6.45, 7) is 1.67. The fourth-order valence-electron chi connectivity index (χ4n) is 2.74. The van der Waals surface area contributed by atoms with E-state index in [1.165, 1.54) is 16.5 Å². The summed E-state index contributed by atoms with van der Waals surface area (Å²) in [5.74, 6) is -0.287. The van der Waals surface area contributed by atoms with Gasteiger partial charge in [0.2, 0.25) is 5.91 Å². The fourth-order valence-corrected chi connectivity index (χ4v) is 2.74. The van der Waals surface area contributed by atoms with E-state index in [9.17, 15) is 23.1 Å². The molecule has 1 aromatic rings. The number of aryl methyl sites for hydroxylation is 1. The number of halogens is 3. The molecular formula is C18H22F3NO2. The van der Waals surface area contributed by atoms with E-state index < -0.39 is 24.6 Å². The van der Waals surface area contributed by atoms with Gasteiger partial charge >= 0.3 is 6.18 Å². The molecule has 1 amide bonds. The van der Waals surface area contributed by atoms with Crippen LogP contribution in [-0.2, 0) is 11.2 Å². The zero-order valence-electron chi connectivity index (χ0n) is 13.6. The zero-order valence-corrected chi connectivity index (χ0v) is 13.6. The number of amides is 1.